The molecule has 24 heavy (non-hydrogen) atoms. The van der Waals surface area contributed by atoms with E-state index >= 15 is 0 Å². The minimum absolute atomic E-state index is 0.302. The Hall–Kier alpha value is -1.39. The molecular formula is C22H32Si2. The Morgan fingerprint density at radius 2 is 1.46 bits per heavy atom. The Labute approximate surface area is 153 Å². The van der Waals surface area contributed by atoms with E-state index in [0.717, 1.165) is 0 Å². The van der Waals surface area contributed by atoms with E-state index in [9.17, 15) is 0 Å². The van der Waals surface area contributed by atoms with Crippen molar-refractivity contribution in [2.45, 2.75) is 53.9 Å². The summed E-state index contributed by atoms with van der Waals surface area (Å²) in [5.41, 5.74) is 8.62. The van der Waals surface area contributed by atoms with Crippen LogP contribution in [-0.2, 0) is 0 Å². The van der Waals surface area contributed by atoms with Gasteiger partial charge in [-0.05, 0) is 56.4 Å². The molecule has 0 radical (unpaired) electrons. The van der Waals surface area contributed by atoms with Gasteiger partial charge in [-0.3, -0.25) is 0 Å². The second-order valence-electron chi connectivity index (χ2n) is 7.06. The van der Waals surface area contributed by atoms with E-state index in [1.165, 1.54) is 41.5 Å². The van der Waals surface area contributed by atoms with Gasteiger partial charge in [-0.25, -0.2) is 0 Å². The highest BCUT2D eigenvalue weighted by atomic mass is 28.2. The zero-order chi connectivity index (χ0) is 17.5. The standard InChI is InChI=1S/C22H32Si2/c1-6-7-12-20(24-22-14-9-11-17(3)19(22)5)15-23-21-13-8-10-16(2)18(21)4/h8-11,13-15H,6-7,12,23-24H2,1-5H3. The Balaban J connectivity index is 2.21. The monoisotopic (exact) mass is 352 g/mol. The summed E-state index contributed by atoms with van der Waals surface area (Å²) >= 11 is 0. The summed E-state index contributed by atoms with van der Waals surface area (Å²) in [6.07, 6.45) is 3.95. The lowest BCUT2D eigenvalue weighted by Crippen LogP contribution is -2.23. The van der Waals surface area contributed by atoms with E-state index in [2.05, 4.69) is 76.7 Å². The fourth-order valence-electron chi connectivity index (χ4n) is 3.20. The van der Waals surface area contributed by atoms with Crippen LogP contribution in [0, 0.1) is 27.7 Å². The van der Waals surface area contributed by atoms with Crippen LogP contribution in [0.25, 0.3) is 0 Å². The van der Waals surface area contributed by atoms with Gasteiger partial charge in [-0.15, -0.1) is 5.70 Å². The number of hydrogen-bond acceptors (Lipinski definition) is 0. The zero-order valence-corrected chi connectivity index (χ0v) is 18.9. The molecule has 2 heteroatoms. The number of benzene rings is 2. The van der Waals surface area contributed by atoms with Crippen LogP contribution < -0.4 is 10.4 Å². The molecule has 128 valence electrons. The summed E-state index contributed by atoms with van der Waals surface area (Å²) in [5.74, 6) is 0. The number of unbranched alkanes of at least 4 members (excludes halogenated alkanes) is 1. The average Bonchev–Trinajstić information content (AvgIpc) is 2.57. The smallest absolute Gasteiger partial charge is 0.0818 e. The molecule has 0 N–H and O–H groups in total. The first kappa shape index (κ1) is 18.9. The maximum Gasteiger partial charge on any atom is 0.0818 e. The van der Waals surface area contributed by atoms with Crippen molar-refractivity contribution in [1.82, 2.24) is 0 Å². The van der Waals surface area contributed by atoms with Crippen molar-refractivity contribution in [1.29, 1.82) is 0 Å². The van der Waals surface area contributed by atoms with Crippen LogP contribution in [-0.4, -0.2) is 19.0 Å². The molecule has 2 rings (SSSR count). The van der Waals surface area contributed by atoms with E-state index < -0.39 is 0 Å². The van der Waals surface area contributed by atoms with Gasteiger partial charge in [-0.1, -0.05) is 71.7 Å². The molecule has 0 aliphatic carbocycles. The summed E-state index contributed by atoms with van der Waals surface area (Å²) < 4.78 is 0. The summed E-state index contributed by atoms with van der Waals surface area (Å²) in [5, 5.41) is 5.06. The highest BCUT2D eigenvalue weighted by Gasteiger charge is 2.06. The molecule has 0 saturated heterocycles. The molecule has 0 aliphatic heterocycles. The lowest BCUT2D eigenvalue weighted by molar-refractivity contribution is 0.807. The number of rotatable bonds is 7. The van der Waals surface area contributed by atoms with Crippen LogP contribution in [0.3, 0.4) is 0 Å². The zero-order valence-electron chi connectivity index (χ0n) is 16.1. The average molecular weight is 353 g/mol. The highest BCUT2D eigenvalue weighted by Crippen LogP contribution is 2.09. The molecule has 0 saturated carbocycles. The van der Waals surface area contributed by atoms with Gasteiger partial charge >= 0.3 is 0 Å². The molecular weight excluding hydrogens is 320 g/mol. The molecule has 0 atom stereocenters. The van der Waals surface area contributed by atoms with E-state index in [1.807, 2.05) is 0 Å². The van der Waals surface area contributed by atoms with Crippen LogP contribution in [0.5, 0.6) is 0 Å². The van der Waals surface area contributed by atoms with Gasteiger partial charge in [0.2, 0.25) is 0 Å². The topological polar surface area (TPSA) is 0 Å². The van der Waals surface area contributed by atoms with Crippen molar-refractivity contribution >= 4 is 29.4 Å². The van der Waals surface area contributed by atoms with Gasteiger partial charge in [-0.2, -0.15) is 0 Å². The molecule has 0 unspecified atom stereocenters. The van der Waals surface area contributed by atoms with Crippen molar-refractivity contribution in [3.05, 3.63) is 69.5 Å². The van der Waals surface area contributed by atoms with Crippen LogP contribution in [0.2, 0.25) is 0 Å². The molecule has 0 aliphatic rings. The molecule has 0 spiro atoms. The minimum Gasteiger partial charge on any atom is -0.101 e. The molecule has 2 aromatic carbocycles. The van der Waals surface area contributed by atoms with Crippen LogP contribution in [0.15, 0.2) is 47.3 Å². The Bertz CT molecular complexity index is 714. The third-order valence-electron chi connectivity index (χ3n) is 5.31. The summed E-state index contributed by atoms with van der Waals surface area (Å²) in [7, 11) is -0.612. The Morgan fingerprint density at radius 3 is 2.08 bits per heavy atom. The van der Waals surface area contributed by atoms with Crippen LogP contribution in [0.1, 0.15) is 48.4 Å². The Kier molecular flexibility index (Phi) is 7.25. The lowest BCUT2D eigenvalue weighted by Gasteiger charge is -2.12. The molecule has 0 fully saturated rings. The lowest BCUT2D eigenvalue weighted by atomic mass is 10.1. The van der Waals surface area contributed by atoms with E-state index in [-0.39, 0.29) is 19.0 Å². The summed E-state index contributed by atoms with van der Waals surface area (Å²) in [6.45, 7) is 11.4. The fourth-order valence-corrected chi connectivity index (χ4v) is 7.50. The first-order valence-electron chi connectivity index (χ1n) is 9.31. The van der Waals surface area contributed by atoms with Crippen LogP contribution in [0.4, 0.5) is 0 Å². The fraction of sp³-hybridized carbons (Fsp3) is 0.364. The third kappa shape index (κ3) is 5.05. The molecule has 0 amide bonds. The molecule has 0 aromatic heterocycles. The van der Waals surface area contributed by atoms with Gasteiger partial charge < -0.3 is 0 Å². The SMILES string of the molecule is CCCCC(=C[SiH2]c1cccc(C)c1C)[SiH2]c1cccc(C)c1C. The molecule has 0 nitrogen and oxygen atoms in total. The largest absolute Gasteiger partial charge is 0.101 e. The second-order valence-corrected chi connectivity index (χ2v) is 10.7. The third-order valence-corrected chi connectivity index (χ3v) is 10.1. The number of allylic oxidation sites excluding steroid dienone is 1. The van der Waals surface area contributed by atoms with Gasteiger partial charge in [0.1, 0.15) is 0 Å². The maximum atomic E-state index is 2.69. The molecule has 0 heterocycles. The molecule has 0 bridgehead atoms. The first-order valence-corrected chi connectivity index (χ1v) is 12.2. The minimum atomic E-state index is -0.310. The second kappa shape index (κ2) is 9.19. The van der Waals surface area contributed by atoms with Gasteiger partial charge in [0.05, 0.1) is 19.0 Å². The van der Waals surface area contributed by atoms with E-state index in [0.29, 0.717) is 0 Å². The summed E-state index contributed by atoms with van der Waals surface area (Å²) in [4.78, 5) is 0. The predicted octanol–water partition coefficient (Wildman–Crippen LogP) is 3.24. The number of hydrogen-bond donors (Lipinski definition) is 0. The quantitative estimate of drug-likeness (QED) is 0.671. The first-order chi connectivity index (χ1) is 11.5. The highest BCUT2D eigenvalue weighted by molar-refractivity contribution is 6.66. The molecule has 2 aromatic rings. The van der Waals surface area contributed by atoms with Gasteiger partial charge in [0.15, 0.2) is 0 Å². The van der Waals surface area contributed by atoms with Crippen molar-refractivity contribution in [2.75, 3.05) is 0 Å². The maximum absolute atomic E-state index is 2.69. The van der Waals surface area contributed by atoms with Gasteiger partial charge in [0, 0.05) is 0 Å². The predicted molar refractivity (Wildman–Crippen MR) is 116 cm³/mol. The number of aryl methyl sites for hydroxylation is 2. The van der Waals surface area contributed by atoms with Crippen molar-refractivity contribution < 1.29 is 0 Å². The normalized spacial score (nSPS) is 12.8. The van der Waals surface area contributed by atoms with Crippen LogP contribution >= 0.6 is 0 Å². The van der Waals surface area contributed by atoms with Crippen molar-refractivity contribution in [3.8, 4) is 0 Å². The Morgan fingerprint density at radius 1 is 0.875 bits per heavy atom. The van der Waals surface area contributed by atoms with E-state index in [1.54, 1.807) is 15.6 Å². The van der Waals surface area contributed by atoms with Gasteiger partial charge in [0.25, 0.3) is 0 Å². The van der Waals surface area contributed by atoms with Crippen molar-refractivity contribution in [3.63, 3.8) is 0 Å². The summed E-state index contributed by atoms with van der Waals surface area (Å²) in [6, 6.07) is 13.7. The van der Waals surface area contributed by atoms with Crippen molar-refractivity contribution in [2.24, 2.45) is 0 Å². The van der Waals surface area contributed by atoms with E-state index in [4.69, 9.17) is 0 Å².